The molecule has 110 valence electrons. The minimum atomic E-state index is -0.570. The first kappa shape index (κ1) is 15.9. The molecule has 0 radical (unpaired) electrons. The Balaban J connectivity index is 2.73. The van der Waals surface area contributed by atoms with Crippen LogP contribution in [0.4, 0.5) is 5.69 Å². The molecule has 0 saturated heterocycles. The fourth-order valence-electron chi connectivity index (χ4n) is 1.68. The highest BCUT2D eigenvalue weighted by molar-refractivity contribution is 5.75. The Bertz CT molecular complexity index is 490. The van der Waals surface area contributed by atoms with Gasteiger partial charge in [-0.05, 0) is 25.1 Å². The van der Waals surface area contributed by atoms with Crippen molar-refractivity contribution in [2.24, 2.45) is 0 Å². The average Bonchev–Trinajstić information content (AvgIpc) is 2.43. The second kappa shape index (κ2) is 7.44. The van der Waals surface area contributed by atoms with Crippen molar-refractivity contribution in [1.82, 2.24) is 5.32 Å². The fraction of sp³-hybridized carbons (Fsp3) is 0.462. The van der Waals surface area contributed by atoms with Gasteiger partial charge in [0.15, 0.2) is 0 Å². The number of non-ortho nitro benzene ring substituents is 1. The third-order valence-corrected chi connectivity index (χ3v) is 2.71. The first-order valence-corrected chi connectivity index (χ1v) is 6.18. The summed E-state index contributed by atoms with van der Waals surface area (Å²) in [6.07, 6.45) is 0. The summed E-state index contributed by atoms with van der Waals surface area (Å²) in [6.45, 7) is 4.28. The van der Waals surface area contributed by atoms with Crippen LogP contribution in [0.3, 0.4) is 0 Å². The standard InChI is InChI=1S/C13H18N2O5/c1-4-14-11(13(16)19-3)8-20-12-6-5-10(15(17)18)7-9(12)2/h5-7,11,14H,4,8H2,1-3H3. The molecule has 0 aromatic heterocycles. The zero-order valence-corrected chi connectivity index (χ0v) is 11.7. The molecular formula is C13H18N2O5. The Labute approximate surface area is 117 Å². The van der Waals surface area contributed by atoms with Gasteiger partial charge < -0.3 is 14.8 Å². The number of esters is 1. The number of nitro groups is 1. The maximum Gasteiger partial charge on any atom is 0.326 e. The summed E-state index contributed by atoms with van der Waals surface area (Å²) in [4.78, 5) is 21.7. The maximum absolute atomic E-state index is 11.5. The van der Waals surface area contributed by atoms with E-state index in [0.29, 0.717) is 17.9 Å². The molecule has 1 unspecified atom stereocenters. The highest BCUT2D eigenvalue weighted by Gasteiger charge is 2.19. The Hall–Kier alpha value is -2.15. The van der Waals surface area contributed by atoms with E-state index in [1.165, 1.54) is 25.3 Å². The van der Waals surface area contributed by atoms with Gasteiger partial charge in [0.05, 0.1) is 12.0 Å². The number of ether oxygens (including phenoxy) is 2. The second-order valence-corrected chi connectivity index (χ2v) is 4.15. The summed E-state index contributed by atoms with van der Waals surface area (Å²) < 4.78 is 10.2. The van der Waals surface area contributed by atoms with Crippen LogP contribution in [0.25, 0.3) is 0 Å². The number of rotatable bonds is 7. The normalized spacial score (nSPS) is 11.8. The molecule has 0 heterocycles. The summed E-state index contributed by atoms with van der Waals surface area (Å²) in [6, 6.07) is 3.74. The number of likely N-dealkylation sites (N-methyl/N-ethyl adjacent to an activating group) is 1. The lowest BCUT2D eigenvalue weighted by Crippen LogP contribution is -2.42. The quantitative estimate of drug-likeness (QED) is 0.462. The van der Waals surface area contributed by atoms with Crippen LogP contribution >= 0.6 is 0 Å². The van der Waals surface area contributed by atoms with E-state index < -0.39 is 16.9 Å². The van der Waals surface area contributed by atoms with Gasteiger partial charge >= 0.3 is 5.97 Å². The molecule has 7 nitrogen and oxygen atoms in total. The molecule has 0 aliphatic heterocycles. The monoisotopic (exact) mass is 282 g/mol. The number of hydrogen-bond acceptors (Lipinski definition) is 6. The number of hydrogen-bond donors (Lipinski definition) is 1. The fourth-order valence-corrected chi connectivity index (χ4v) is 1.68. The van der Waals surface area contributed by atoms with Gasteiger partial charge in [0.2, 0.25) is 0 Å². The lowest BCUT2D eigenvalue weighted by Gasteiger charge is -2.17. The number of nitro benzene ring substituents is 1. The number of carbonyl (C=O) groups is 1. The van der Waals surface area contributed by atoms with E-state index in [1.54, 1.807) is 6.92 Å². The van der Waals surface area contributed by atoms with Gasteiger partial charge in [-0.25, -0.2) is 0 Å². The van der Waals surface area contributed by atoms with Gasteiger partial charge in [0.25, 0.3) is 5.69 Å². The summed E-state index contributed by atoms with van der Waals surface area (Å²) in [5.74, 6) is 0.0915. The molecule has 0 bridgehead atoms. The summed E-state index contributed by atoms with van der Waals surface area (Å²) in [7, 11) is 1.31. The summed E-state index contributed by atoms with van der Waals surface area (Å²) in [5, 5.41) is 13.6. The number of carbonyl (C=O) groups excluding carboxylic acids is 1. The van der Waals surface area contributed by atoms with Gasteiger partial charge in [-0.2, -0.15) is 0 Å². The molecule has 1 aromatic rings. The molecular weight excluding hydrogens is 264 g/mol. The van der Waals surface area contributed by atoms with Crippen LogP contribution in [-0.4, -0.2) is 37.2 Å². The predicted molar refractivity (Wildman–Crippen MR) is 72.8 cm³/mol. The lowest BCUT2D eigenvalue weighted by molar-refractivity contribution is -0.384. The van der Waals surface area contributed by atoms with Gasteiger partial charge in [0.1, 0.15) is 18.4 Å². The number of nitrogens with zero attached hydrogens (tertiary/aromatic N) is 1. The van der Waals surface area contributed by atoms with E-state index in [9.17, 15) is 14.9 Å². The summed E-state index contributed by atoms with van der Waals surface area (Å²) >= 11 is 0. The second-order valence-electron chi connectivity index (χ2n) is 4.15. The minimum absolute atomic E-state index is 0.00560. The van der Waals surface area contributed by atoms with Crippen LogP contribution in [0.15, 0.2) is 18.2 Å². The zero-order chi connectivity index (χ0) is 15.1. The summed E-state index contributed by atoms with van der Waals surface area (Å²) in [5.41, 5.74) is 0.644. The molecule has 7 heteroatoms. The Morgan fingerprint density at radius 1 is 1.50 bits per heavy atom. The van der Waals surface area contributed by atoms with Crippen LogP contribution in [0.5, 0.6) is 5.75 Å². The molecule has 0 spiro atoms. The van der Waals surface area contributed by atoms with Crippen molar-refractivity contribution in [3.63, 3.8) is 0 Å². The van der Waals surface area contributed by atoms with E-state index in [-0.39, 0.29) is 12.3 Å². The Kier molecular flexibility index (Phi) is 5.92. The third kappa shape index (κ3) is 4.20. The van der Waals surface area contributed by atoms with Crippen molar-refractivity contribution in [1.29, 1.82) is 0 Å². The Morgan fingerprint density at radius 3 is 2.70 bits per heavy atom. The van der Waals surface area contributed by atoms with Crippen molar-refractivity contribution in [3.05, 3.63) is 33.9 Å². The Morgan fingerprint density at radius 2 is 2.20 bits per heavy atom. The number of methoxy groups -OCH3 is 1. The molecule has 0 saturated carbocycles. The van der Waals surface area contributed by atoms with Crippen molar-refractivity contribution >= 4 is 11.7 Å². The first-order valence-electron chi connectivity index (χ1n) is 6.18. The highest BCUT2D eigenvalue weighted by Crippen LogP contribution is 2.23. The molecule has 0 amide bonds. The van der Waals surface area contributed by atoms with Crippen molar-refractivity contribution in [2.45, 2.75) is 19.9 Å². The zero-order valence-electron chi connectivity index (χ0n) is 11.7. The van der Waals surface area contributed by atoms with Gasteiger partial charge in [-0.3, -0.25) is 14.9 Å². The van der Waals surface area contributed by atoms with Crippen molar-refractivity contribution in [2.75, 3.05) is 20.3 Å². The molecule has 0 aliphatic carbocycles. The van der Waals surface area contributed by atoms with Crippen LogP contribution in [0.1, 0.15) is 12.5 Å². The van der Waals surface area contributed by atoms with E-state index >= 15 is 0 Å². The molecule has 1 rings (SSSR count). The SMILES string of the molecule is CCNC(COc1ccc([N+](=O)[O-])cc1C)C(=O)OC. The van der Waals surface area contributed by atoms with E-state index in [2.05, 4.69) is 10.1 Å². The number of nitrogens with one attached hydrogen (secondary N) is 1. The number of aryl methyl sites for hydroxylation is 1. The minimum Gasteiger partial charge on any atom is -0.491 e. The van der Waals surface area contributed by atoms with E-state index in [1.807, 2.05) is 6.92 Å². The maximum atomic E-state index is 11.5. The smallest absolute Gasteiger partial charge is 0.326 e. The van der Waals surface area contributed by atoms with Crippen LogP contribution in [0, 0.1) is 17.0 Å². The van der Waals surface area contributed by atoms with Crippen LogP contribution in [-0.2, 0) is 9.53 Å². The third-order valence-electron chi connectivity index (χ3n) is 2.71. The molecule has 1 N–H and O–H groups in total. The molecule has 0 fully saturated rings. The van der Waals surface area contributed by atoms with Crippen LogP contribution in [0.2, 0.25) is 0 Å². The van der Waals surface area contributed by atoms with E-state index in [4.69, 9.17) is 4.74 Å². The van der Waals surface area contributed by atoms with E-state index in [0.717, 1.165) is 0 Å². The van der Waals surface area contributed by atoms with Gasteiger partial charge in [-0.1, -0.05) is 6.92 Å². The van der Waals surface area contributed by atoms with Crippen molar-refractivity contribution in [3.8, 4) is 5.75 Å². The van der Waals surface area contributed by atoms with Crippen LogP contribution < -0.4 is 10.1 Å². The number of benzene rings is 1. The lowest BCUT2D eigenvalue weighted by atomic mass is 10.2. The molecule has 1 aromatic carbocycles. The molecule has 1 atom stereocenters. The van der Waals surface area contributed by atoms with Gasteiger partial charge in [0, 0.05) is 12.1 Å². The van der Waals surface area contributed by atoms with Gasteiger partial charge in [-0.15, -0.1) is 0 Å². The molecule has 0 aliphatic rings. The average molecular weight is 282 g/mol. The van der Waals surface area contributed by atoms with Crippen molar-refractivity contribution < 1.29 is 19.2 Å². The first-order chi connectivity index (χ1) is 9.49. The predicted octanol–water partition coefficient (Wildman–Crippen LogP) is 1.43. The molecule has 20 heavy (non-hydrogen) atoms. The largest absolute Gasteiger partial charge is 0.491 e. The topological polar surface area (TPSA) is 90.7 Å². The highest BCUT2D eigenvalue weighted by atomic mass is 16.6.